The Balaban J connectivity index is 2.33. The van der Waals surface area contributed by atoms with Crippen molar-refractivity contribution >= 4 is 5.91 Å². The second-order valence-corrected chi connectivity index (χ2v) is 4.44. The second kappa shape index (κ2) is 5.78. The van der Waals surface area contributed by atoms with Gasteiger partial charge in [-0.05, 0) is 17.7 Å². The fourth-order valence-electron chi connectivity index (χ4n) is 2.29. The van der Waals surface area contributed by atoms with Crippen molar-refractivity contribution in [1.82, 2.24) is 10.2 Å². The third kappa shape index (κ3) is 2.89. The highest BCUT2D eigenvalue weighted by Gasteiger charge is 2.27. The summed E-state index contributed by atoms with van der Waals surface area (Å²) in [7, 11) is 0. The van der Waals surface area contributed by atoms with Crippen molar-refractivity contribution in [3.63, 3.8) is 0 Å². The third-order valence-corrected chi connectivity index (χ3v) is 3.21. The Kier molecular flexibility index (Phi) is 4.10. The van der Waals surface area contributed by atoms with Crippen LogP contribution in [0.2, 0.25) is 0 Å². The van der Waals surface area contributed by atoms with E-state index in [0.717, 1.165) is 13.1 Å². The summed E-state index contributed by atoms with van der Waals surface area (Å²) in [5.74, 6) is -1.08. The van der Waals surface area contributed by atoms with Gasteiger partial charge in [-0.3, -0.25) is 9.69 Å². The number of amides is 1. The Hall–Kier alpha value is -1.97. The molecule has 6 heteroatoms. The van der Waals surface area contributed by atoms with Gasteiger partial charge in [0.15, 0.2) is 0 Å². The summed E-state index contributed by atoms with van der Waals surface area (Å²) in [6.45, 7) is 2.92. The minimum Gasteiger partial charge on any atom is -0.368 e. The van der Waals surface area contributed by atoms with Crippen molar-refractivity contribution in [2.45, 2.75) is 6.04 Å². The molecule has 1 aromatic rings. The van der Waals surface area contributed by atoms with E-state index in [9.17, 15) is 9.18 Å². The first-order valence-electron chi connectivity index (χ1n) is 6.07. The van der Waals surface area contributed by atoms with Crippen LogP contribution in [0.5, 0.6) is 0 Å². The number of halogens is 1. The van der Waals surface area contributed by atoms with Gasteiger partial charge in [-0.15, -0.1) is 0 Å². The minimum absolute atomic E-state index is 0.0705. The van der Waals surface area contributed by atoms with E-state index in [4.69, 9.17) is 11.0 Å². The first kappa shape index (κ1) is 13.5. The fourth-order valence-corrected chi connectivity index (χ4v) is 2.29. The van der Waals surface area contributed by atoms with Crippen LogP contribution in [0.1, 0.15) is 17.2 Å². The van der Waals surface area contributed by atoms with Crippen molar-refractivity contribution in [3.05, 3.63) is 35.1 Å². The van der Waals surface area contributed by atoms with Gasteiger partial charge < -0.3 is 11.1 Å². The van der Waals surface area contributed by atoms with Gasteiger partial charge in [0.1, 0.15) is 17.9 Å². The van der Waals surface area contributed by atoms with Gasteiger partial charge >= 0.3 is 0 Å². The summed E-state index contributed by atoms with van der Waals surface area (Å²) >= 11 is 0. The highest BCUT2D eigenvalue weighted by atomic mass is 19.1. The monoisotopic (exact) mass is 262 g/mol. The van der Waals surface area contributed by atoms with Crippen molar-refractivity contribution < 1.29 is 9.18 Å². The lowest BCUT2D eigenvalue weighted by Gasteiger charge is -2.33. The molecule has 19 heavy (non-hydrogen) atoms. The zero-order valence-electron chi connectivity index (χ0n) is 10.4. The molecule has 1 fully saturated rings. The van der Waals surface area contributed by atoms with Gasteiger partial charge in [-0.1, -0.05) is 6.07 Å². The van der Waals surface area contributed by atoms with Gasteiger partial charge in [0.05, 0.1) is 5.56 Å². The van der Waals surface area contributed by atoms with Crippen LogP contribution in [0.3, 0.4) is 0 Å². The zero-order valence-corrected chi connectivity index (χ0v) is 10.4. The van der Waals surface area contributed by atoms with E-state index in [1.54, 1.807) is 6.07 Å². The second-order valence-electron chi connectivity index (χ2n) is 4.44. The van der Waals surface area contributed by atoms with Crippen LogP contribution in [-0.4, -0.2) is 37.0 Å². The number of hydrogen-bond donors (Lipinski definition) is 2. The van der Waals surface area contributed by atoms with Crippen molar-refractivity contribution in [3.8, 4) is 6.07 Å². The third-order valence-electron chi connectivity index (χ3n) is 3.21. The quantitative estimate of drug-likeness (QED) is 0.811. The molecule has 2 rings (SSSR count). The Morgan fingerprint density at radius 1 is 1.47 bits per heavy atom. The van der Waals surface area contributed by atoms with Crippen LogP contribution in [0.25, 0.3) is 0 Å². The molecule has 1 unspecified atom stereocenters. The molecule has 1 aliphatic heterocycles. The standard InChI is InChI=1S/C13H15FN4O/c14-11-2-1-9(7-10(11)8-15)12(13(16)19)18-5-3-17-4-6-18/h1-2,7,12,17H,3-6H2,(H2,16,19). The average Bonchev–Trinajstić information content (AvgIpc) is 2.41. The number of piperazine rings is 1. The molecular formula is C13H15FN4O. The Bertz CT molecular complexity index is 520. The van der Waals surface area contributed by atoms with E-state index >= 15 is 0 Å². The van der Waals surface area contributed by atoms with Crippen molar-refractivity contribution in [1.29, 1.82) is 5.26 Å². The average molecular weight is 262 g/mol. The highest BCUT2D eigenvalue weighted by Crippen LogP contribution is 2.23. The maximum Gasteiger partial charge on any atom is 0.239 e. The number of carbonyl (C=O) groups is 1. The van der Waals surface area contributed by atoms with Gasteiger partial charge in [-0.25, -0.2) is 4.39 Å². The Morgan fingerprint density at radius 2 is 2.16 bits per heavy atom. The molecular weight excluding hydrogens is 247 g/mol. The molecule has 1 heterocycles. The molecule has 0 aliphatic carbocycles. The molecule has 0 aromatic heterocycles. The van der Waals surface area contributed by atoms with E-state index < -0.39 is 17.8 Å². The molecule has 100 valence electrons. The van der Waals surface area contributed by atoms with Crippen LogP contribution in [0, 0.1) is 17.1 Å². The van der Waals surface area contributed by atoms with E-state index in [-0.39, 0.29) is 5.56 Å². The lowest BCUT2D eigenvalue weighted by molar-refractivity contribution is -0.123. The SMILES string of the molecule is N#Cc1cc(C(C(N)=O)N2CCNCC2)ccc1F. The van der Waals surface area contributed by atoms with E-state index in [0.29, 0.717) is 18.7 Å². The molecule has 1 aromatic carbocycles. The van der Waals surface area contributed by atoms with E-state index in [1.165, 1.54) is 18.2 Å². The predicted molar refractivity (Wildman–Crippen MR) is 67.5 cm³/mol. The molecule has 0 saturated carbocycles. The number of nitriles is 1. The van der Waals surface area contributed by atoms with Crippen LogP contribution >= 0.6 is 0 Å². The molecule has 1 atom stereocenters. The molecule has 5 nitrogen and oxygen atoms in total. The van der Waals surface area contributed by atoms with Gasteiger partial charge in [0.2, 0.25) is 5.91 Å². The number of nitrogens with zero attached hydrogens (tertiary/aromatic N) is 2. The molecule has 1 aliphatic rings. The number of carbonyl (C=O) groups excluding carboxylic acids is 1. The molecule has 3 N–H and O–H groups in total. The Labute approximate surface area is 110 Å². The van der Waals surface area contributed by atoms with Crippen LogP contribution < -0.4 is 11.1 Å². The summed E-state index contributed by atoms with van der Waals surface area (Å²) in [4.78, 5) is 13.6. The van der Waals surface area contributed by atoms with Gasteiger partial charge in [0.25, 0.3) is 0 Å². The number of primary amides is 1. The number of nitrogens with one attached hydrogen (secondary N) is 1. The predicted octanol–water partition coefficient (Wildman–Crippen LogP) is 0.129. The number of rotatable bonds is 3. The molecule has 1 saturated heterocycles. The Morgan fingerprint density at radius 3 is 2.74 bits per heavy atom. The minimum atomic E-state index is -0.616. The highest BCUT2D eigenvalue weighted by molar-refractivity contribution is 5.81. The largest absolute Gasteiger partial charge is 0.368 e. The molecule has 0 radical (unpaired) electrons. The lowest BCUT2D eigenvalue weighted by atomic mass is 10.0. The van der Waals surface area contributed by atoms with Crippen LogP contribution in [0.4, 0.5) is 4.39 Å². The molecule has 0 spiro atoms. The van der Waals surface area contributed by atoms with E-state index in [1.807, 2.05) is 4.90 Å². The van der Waals surface area contributed by atoms with Gasteiger partial charge in [-0.2, -0.15) is 5.26 Å². The number of hydrogen-bond acceptors (Lipinski definition) is 4. The van der Waals surface area contributed by atoms with Crippen molar-refractivity contribution in [2.24, 2.45) is 5.73 Å². The first-order chi connectivity index (χ1) is 9.13. The first-order valence-corrected chi connectivity index (χ1v) is 6.07. The zero-order chi connectivity index (χ0) is 13.8. The topological polar surface area (TPSA) is 82.1 Å². The maximum atomic E-state index is 13.3. The summed E-state index contributed by atoms with van der Waals surface area (Å²) in [6.07, 6.45) is 0. The molecule has 1 amide bonds. The number of nitrogens with two attached hydrogens (primary N) is 1. The summed E-state index contributed by atoms with van der Waals surface area (Å²) in [5, 5.41) is 12.0. The number of benzene rings is 1. The van der Waals surface area contributed by atoms with E-state index in [2.05, 4.69) is 5.32 Å². The van der Waals surface area contributed by atoms with Gasteiger partial charge in [0, 0.05) is 26.2 Å². The molecule has 0 bridgehead atoms. The fraction of sp³-hybridized carbons (Fsp3) is 0.385. The lowest BCUT2D eigenvalue weighted by Crippen LogP contribution is -2.48. The van der Waals surface area contributed by atoms with Crippen LogP contribution in [0.15, 0.2) is 18.2 Å². The summed E-state index contributed by atoms with van der Waals surface area (Å²) in [5.41, 5.74) is 5.94. The summed E-state index contributed by atoms with van der Waals surface area (Å²) < 4.78 is 13.3. The summed E-state index contributed by atoms with van der Waals surface area (Å²) in [6, 6.07) is 5.26. The van der Waals surface area contributed by atoms with Crippen molar-refractivity contribution in [2.75, 3.05) is 26.2 Å². The van der Waals surface area contributed by atoms with Crippen LogP contribution in [-0.2, 0) is 4.79 Å². The maximum absolute atomic E-state index is 13.3. The smallest absolute Gasteiger partial charge is 0.239 e. The normalized spacial score (nSPS) is 17.7.